The average molecular weight is 503 g/mol. The van der Waals surface area contributed by atoms with Crippen LogP contribution in [0.15, 0.2) is 41.9 Å². The Morgan fingerprint density at radius 3 is 2.65 bits per heavy atom. The van der Waals surface area contributed by atoms with Gasteiger partial charge in [-0.3, -0.25) is 14.5 Å². The van der Waals surface area contributed by atoms with Crippen LogP contribution in [0.25, 0.3) is 0 Å². The van der Waals surface area contributed by atoms with Gasteiger partial charge in [0.15, 0.2) is 10.9 Å². The molecule has 0 atom stereocenters. The van der Waals surface area contributed by atoms with Crippen LogP contribution < -0.4 is 5.32 Å². The quantitative estimate of drug-likeness (QED) is 0.553. The lowest BCUT2D eigenvalue weighted by molar-refractivity contribution is 0.0622. The molecule has 0 saturated carbocycles. The number of hydrogen-bond acceptors (Lipinski definition) is 7. The SMILES string of the molecule is CN(C)C(=O)c1cc(CN2CCN(C(=O)c3cccc(Cl)c3F)CC2)nc(Nc2nccs2)c1. The Bertz CT molecular complexity index is 1180. The van der Waals surface area contributed by atoms with Gasteiger partial charge in [-0.25, -0.2) is 14.4 Å². The van der Waals surface area contributed by atoms with Crippen LogP contribution >= 0.6 is 22.9 Å². The Kier molecular flexibility index (Phi) is 7.40. The topological polar surface area (TPSA) is 81.7 Å². The fourth-order valence-electron chi connectivity index (χ4n) is 3.69. The predicted octanol–water partition coefficient (Wildman–Crippen LogP) is 3.73. The third kappa shape index (κ3) is 5.52. The number of amides is 2. The second kappa shape index (κ2) is 10.5. The van der Waals surface area contributed by atoms with Crippen molar-refractivity contribution in [2.45, 2.75) is 6.54 Å². The second-order valence-electron chi connectivity index (χ2n) is 8.06. The molecule has 0 aliphatic carbocycles. The highest BCUT2D eigenvalue weighted by Gasteiger charge is 2.25. The van der Waals surface area contributed by atoms with Crippen LogP contribution in [0.2, 0.25) is 5.02 Å². The van der Waals surface area contributed by atoms with Crippen molar-refractivity contribution in [1.29, 1.82) is 0 Å². The van der Waals surface area contributed by atoms with Crippen molar-refractivity contribution < 1.29 is 14.0 Å². The fraction of sp³-hybridized carbons (Fsp3) is 0.304. The molecule has 1 aliphatic rings. The number of carbonyl (C=O) groups is 2. The third-order valence-electron chi connectivity index (χ3n) is 5.43. The van der Waals surface area contributed by atoms with Gasteiger partial charge in [-0.1, -0.05) is 17.7 Å². The van der Waals surface area contributed by atoms with Gasteiger partial charge in [0.25, 0.3) is 11.8 Å². The summed E-state index contributed by atoms with van der Waals surface area (Å²) in [5.41, 5.74) is 1.24. The summed E-state index contributed by atoms with van der Waals surface area (Å²) < 4.78 is 14.3. The Hall–Kier alpha value is -3.08. The summed E-state index contributed by atoms with van der Waals surface area (Å²) in [7, 11) is 3.41. The monoisotopic (exact) mass is 502 g/mol. The number of rotatable bonds is 6. The molecule has 0 spiro atoms. The van der Waals surface area contributed by atoms with E-state index in [-0.39, 0.29) is 22.4 Å². The van der Waals surface area contributed by atoms with E-state index in [4.69, 9.17) is 11.6 Å². The van der Waals surface area contributed by atoms with Crippen LogP contribution in [-0.2, 0) is 6.54 Å². The van der Waals surface area contributed by atoms with E-state index in [0.29, 0.717) is 49.2 Å². The molecule has 4 rings (SSSR count). The van der Waals surface area contributed by atoms with Crippen LogP contribution in [0.5, 0.6) is 0 Å². The van der Waals surface area contributed by atoms with Gasteiger partial charge in [-0.05, 0) is 24.3 Å². The Balaban J connectivity index is 1.45. The molecule has 2 aromatic heterocycles. The number of pyridine rings is 1. The molecule has 11 heteroatoms. The zero-order valence-corrected chi connectivity index (χ0v) is 20.4. The lowest BCUT2D eigenvalue weighted by Crippen LogP contribution is -2.48. The first-order valence-electron chi connectivity index (χ1n) is 10.7. The maximum absolute atomic E-state index is 14.3. The van der Waals surface area contributed by atoms with E-state index in [9.17, 15) is 14.0 Å². The molecule has 1 aliphatic heterocycles. The van der Waals surface area contributed by atoms with Gasteiger partial charge in [0, 0.05) is 64.0 Å². The summed E-state index contributed by atoms with van der Waals surface area (Å²) in [5, 5.41) is 5.63. The molecule has 3 heterocycles. The minimum atomic E-state index is -0.691. The number of halogens is 2. The molecule has 1 saturated heterocycles. The molecule has 34 heavy (non-hydrogen) atoms. The van der Waals surface area contributed by atoms with E-state index in [1.807, 2.05) is 5.38 Å². The van der Waals surface area contributed by atoms with Gasteiger partial charge < -0.3 is 15.1 Å². The number of piperazine rings is 1. The molecular formula is C23H24ClFN6O2S. The average Bonchev–Trinajstić information content (AvgIpc) is 3.33. The number of benzene rings is 1. The van der Waals surface area contributed by atoms with Crippen molar-refractivity contribution in [2.75, 3.05) is 45.6 Å². The standard InChI is InChI=1S/C23H24ClFN6O2S/c1-29(2)21(32)15-12-16(27-19(13-15)28-23-26-6-11-34-23)14-30-7-9-31(10-8-30)22(33)17-4-3-5-18(24)20(17)25/h3-6,11-13H,7-10,14H2,1-2H3,(H,26,27,28). The van der Waals surface area contributed by atoms with Crippen molar-refractivity contribution in [2.24, 2.45) is 0 Å². The molecule has 8 nitrogen and oxygen atoms in total. The van der Waals surface area contributed by atoms with Crippen LogP contribution in [0.1, 0.15) is 26.4 Å². The number of carbonyl (C=O) groups excluding carboxylic acids is 2. The molecule has 2 amide bonds. The highest BCUT2D eigenvalue weighted by molar-refractivity contribution is 7.13. The van der Waals surface area contributed by atoms with Gasteiger partial charge >= 0.3 is 0 Å². The van der Waals surface area contributed by atoms with Crippen molar-refractivity contribution in [3.8, 4) is 0 Å². The van der Waals surface area contributed by atoms with Crippen LogP contribution in [0.3, 0.4) is 0 Å². The van der Waals surface area contributed by atoms with Crippen molar-refractivity contribution in [3.63, 3.8) is 0 Å². The number of anilines is 2. The predicted molar refractivity (Wildman–Crippen MR) is 130 cm³/mol. The summed E-state index contributed by atoms with van der Waals surface area (Å²) in [6.45, 7) is 2.60. The van der Waals surface area contributed by atoms with Crippen LogP contribution in [0, 0.1) is 5.82 Å². The normalized spacial score (nSPS) is 14.2. The zero-order chi connectivity index (χ0) is 24.2. The summed E-state index contributed by atoms with van der Waals surface area (Å²) in [4.78, 5) is 39.5. The van der Waals surface area contributed by atoms with E-state index < -0.39 is 5.82 Å². The molecule has 1 N–H and O–H groups in total. The first-order chi connectivity index (χ1) is 16.3. The van der Waals surface area contributed by atoms with Gasteiger partial charge in [0.2, 0.25) is 0 Å². The molecule has 3 aromatic rings. The van der Waals surface area contributed by atoms with Crippen molar-refractivity contribution in [1.82, 2.24) is 24.7 Å². The number of hydrogen-bond donors (Lipinski definition) is 1. The van der Waals surface area contributed by atoms with E-state index in [0.717, 1.165) is 5.69 Å². The lowest BCUT2D eigenvalue weighted by Gasteiger charge is -2.34. The summed E-state index contributed by atoms with van der Waals surface area (Å²) >= 11 is 7.27. The van der Waals surface area contributed by atoms with Gasteiger partial charge in [0.05, 0.1) is 16.3 Å². The summed E-state index contributed by atoms with van der Waals surface area (Å²) in [5.74, 6) is -0.637. The maximum Gasteiger partial charge on any atom is 0.256 e. The van der Waals surface area contributed by atoms with E-state index in [1.165, 1.54) is 28.4 Å². The molecule has 1 fully saturated rings. The number of nitrogens with one attached hydrogen (secondary N) is 1. The van der Waals surface area contributed by atoms with Crippen molar-refractivity contribution in [3.05, 3.63) is 69.6 Å². The first kappa shape index (κ1) is 24.1. The molecule has 0 unspecified atom stereocenters. The lowest BCUT2D eigenvalue weighted by atomic mass is 10.1. The first-order valence-corrected chi connectivity index (χ1v) is 11.9. The van der Waals surface area contributed by atoms with Crippen molar-refractivity contribution >= 4 is 45.7 Å². The number of thiazole rings is 1. The number of nitrogens with zero attached hydrogens (tertiary/aromatic N) is 5. The smallest absolute Gasteiger partial charge is 0.256 e. The Morgan fingerprint density at radius 2 is 1.97 bits per heavy atom. The van der Waals surface area contributed by atoms with E-state index in [1.54, 1.807) is 43.4 Å². The van der Waals surface area contributed by atoms with E-state index >= 15 is 0 Å². The van der Waals surface area contributed by atoms with Gasteiger partial charge in [-0.15, -0.1) is 11.3 Å². The third-order valence-corrected chi connectivity index (χ3v) is 6.41. The molecular weight excluding hydrogens is 479 g/mol. The number of aromatic nitrogens is 2. The molecule has 1 aromatic carbocycles. The Morgan fingerprint density at radius 1 is 1.21 bits per heavy atom. The minimum absolute atomic E-state index is 0.0181. The fourth-order valence-corrected chi connectivity index (χ4v) is 4.40. The summed E-state index contributed by atoms with van der Waals surface area (Å²) in [6.07, 6.45) is 1.69. The zero-order valence-electron chi connectivity index (χ0n) is 18.8. The van der Waals surface area contributed by atoms with E-state index in [2.05, 4.69) is 20.2 Å². The minimum Gasteiger partial charge on any atom is -0.345 e. The summed E-state index contributed by atoms with van der Waals surface area (Å²) in [6, 6.07) is 7.94. The van der Waals surface area contributed by atoms with Crippen LogP contribution in [0.4, 0.5) is 15.3 Å². The second-order valence-corrected chi connectivity index (χ2v) is 9.37. The highest BCUT2D eigenvalue weighted by atomic mass is 35.5. The van der Waals surface area contributed by atoms with Gasteiger partial charge in [-0.2, -0.15) is 0 Å². The van der Waals surface area contributed by atoms with Crippen LogP contribution in [-0.4, -0.2) is 76.8 Å². The highest BCUT2D eigenvalue weighted by Crippen LogP contribution is 2.22. The Labute approximate surface area is 206 Å². The molecule has 0 bridgehead atoms. The molecule has 178 valence electrons. The van der Waals surface area contributed by atoms with Gasteiger partial charge in [0.1, 0.15) is 5.82 Å². The molecule has 0 radical (unpaired) electrons. The largest absolute Gasteiger partial charge is 0.345 e. The maximum atomic E-state index is 14.3.